The van der Waals surface area contributed by atoms with Crippen LogP contribution >= 0.6 is 0 Å². The van der Waals surface area contributed by atoms with E-state index in [1.165, 1.54) is 11.1 Å². The number of hydrogen-bond acceptors (Lipinski definition) is 0. The second-order valence-corrected chi connectivity index (χ2v) is 11.1. The molecule has 2 heteroatoms. The average Bonchev–Trinajstić information content (AvgIpc) is 2.27. The number of nitrogens with zero attached hydrogens (tertiary/aromatic N) is 1. The van der Waals surface area contributed by atoms with Crippen molar-refractivity contribution in [1.82, 2.24) is 0 Å². The highest BCUT2D eigenvalue weighted by molar-refractivity contribution is 6.84. The van der Waals surface area contributed by atoms with Crippen molar-refractivity contribution >= 4 is 8.24 Å². The van der Waals surface area contributed by atoms with Crippen LogP contribution in [-0.2, 0) is 0 Å². The van der Waals surface area contributed by atoms with Gasteiger partial charge in [0.15, 0.2) is 0 Å². The summed E-state index contributed by atoms with van der Waals surface area (Å²) in [5, 5.41) is 0. The molecular weight excluding hydrogens is 222 g/mol. The maximum atomic E-state index is 5.16. The van der Waals surface area contributed by atoms with Crippen molar-refractivity contribution < 1.29 is 0 Å². The first-order valence-corrected chi connectivity index (χ1v) is 9.59. The zero-order valence-corrected chi connectivity index (χ0v) is 14.0. The minimum Gasteiger partial charge on any atom is -0.659 e. The highest BCUT2D eigenvalue weighted by Crippen LogP contribution is 2.49. The third-order valence-electron chi connectivity index (χ3n) is 3.94. The molecule has 0 aromatic heterocycles. The molecule has 0 spiro atoms. The number of rotatable bonds is 2. The smallest absolute Gasteiger partial charge is 0.0236 e. The van der Waals surface area contributed by atoms with Crippen LogP contribution in [-0.4, -0.2) is 13.8 Å². The molecule has 0 radical (unpaired) electrons. The van der Waals surface area contributed by atoms with Gasteiger partial charge in [-0.25, -0.2) is 0 Å². The summed E-state index contributed by atoms with van der Waals surface area (Å²) in [4.78, 5) is 5.16. The molecule has 0 fully saturated rings. The summed E-state index contributed by atoms with van der Waals surface area (Å²) in [6.45, 7) is 20.6. The second-order valence-electron chi connectivity index (χ2n) is 6.99. The van der Waals surface area contributed by atoms with Crippen molar-refractivity contribution in [2.45, 2.75) is 72.6 Å². The summed E-state index contributed by atoms with van der Waals surface area (Å²) in [5.41, 5.74) is 6.81. The molecule has 0 atom stereocenters. The normalized spacial score (nSPS) is 19.6. The van der Waals surface area contributed by atoms with Crippen LogP contribution in [0.5, 0.6) is 0 Å². The SMILES string of the molecule is CC1=C(C)C([Si](C)(C)[N-]C(C)(C)C)C(C)=C1C. The van der Waals surface area contributed by atoms with Gasteiger partial charge in [0.2, 0.25) is 0 Å². The summed E-state index contributed by atoms with van der Waals surface area (Å²) in [5.74, 6) is 0. The van der Waals surface area contributed by atoms with Crippen LogP contribution in [0.1, 0.15) is 48.5 Å². The summed E-state index contributed by atoms with van der Waals surface area (Å²) in [6.07, 6.45) is 0. The molecule has 0 aromatic rings. The fourth-order valence-corrected chi connectivity index (χ4v) is 7.75. The monoisotopic (exact) mass is 250 g/mol. The molecule has 1 rings (SSSR count). The molecule has 0 saturated carbocycles. The molecular formula is C15H28NSi-. The van der Waals surface area contributed by atoms with E-state index in [0.717, 1.165) is 0 Å². The predicted molar refractivity (Wildman–Crippen MR) is 81.1 cm³/mol. The van der Waals surface area contributed by atoms with Crippen molar-refractivity contribution in [2.24, 2.45) is 0 Å². The lowest BCUT2D eigenvalue weighted by Gasteiger charge is -2.53. The van der Waals surface area contributed by atoms with Gasteiger partial charge in [-0.2, -0.15) is 0 Å². The van der Waals surface area contributed by atoms with E-state index in [1.54, 1.807) is 11.1 Å². The van der Waals surface area contributed by atoms with E-state index in [9.17, 15) is 0 Å². The second kappa shape index (κ2) is 4.40. The maximum Gasteiger partial charge on any atom is -0.0236 e. The van der Waals surface area contributed by atoms with Crippen LogP contribution in [0, 0.1) is 0 Å². The van der Waals surface area contributed by atoms with E-state index < -0.39 is 8.24 Å². The van der Waals surface area contributed by atoms with Gasteiger partial charge >= 0.3 is 0 Å². The minimum absolute atomic E-state index is 0.0840. The summed E-state index contributed by atoms with van der Waals surface area (Å²) < 4.78 is 0. The van der Waals surface area contributed by atoms with Gasteiger partial charge in [0, 0.05) is 0 Å². The standard InChI is InChI=1S/C15H28NSi/c1-10-11(2)13(4)14(12(10)3)17(8,9)16-15(5,6)7/h14H,1-9H3/q-1. The summed E-state index contributed by atoms with van der Waals surface area (Å²) in [6, 6.07) is 0. The fraction of sp³-hybridized carbons (Fsp3) is 0.733. The number of hydrogen-bond donors (Lipinski definition) is 0. The van der Waals surface area contributed by atoms with Crippen molar-refractivity contribution in [2.75, 3.05) is 0 Å². The Hall–Kier alpha value is -0.343. The number of allylic oxidation sites excluding steroid dienone is 4. The molecule has 0 unspecified atom stereocenters. The Morgan fingerprint density at radius 2 is 1.24 bits per heavy atom. The highest BCUT2D eigenvalue weighted by Gasteiger charge is 2.33. The molecule has 0 aliphatic heterocycles. The average molecular weight is 250 g/mol. The molecule has 98 valence electrons. The Kier molecular flexibility index (Phi) is 3.81. The lowest BCUT2D eigenvalue weighted by Crippen LogP contribution is -2.38. The van der Waals surface area contributed by atoms with Crippen LogP contribution in [0.25, 0.3) is 4.98 Å². The third-order valence-corrected chi connectivity index (χ3v) is 7.47. The first-order chi connectivity index (χ1) is 7.47. The van der Waals surface area contributed by atoms with E-state index in [-0.39, 0.29) is 5.54 Å². The van der Waals surface area contributed by atoms with Crippen LogP contribution in [0.4, 0.5) is 0 Å². The van der Waals surface area contributed by atoms with E-state index in [0.29, 0.717) is 5.54 Å². The molecule has 1 aliphatic carbocycles. The van der Waals surface area contributed by atoms with E-state index >= 15 is 0 Å². The van der Waals surface area contributed by atoms with Crippen molar-refractivity contribution in [3.63, 3.8) is 0 Å². The fourth-order valence-electron chi connectivity index (χ4n) is 3.34. The van der Waals surface area contributed by atoms with Crippen LogP contribution in [0.2, 0.25) is 18.6 Å². The predicted octanol–water partition coefficient (Wildman–Crippen LogP) is 5.42. The molecule has 0 N–H and O–H groups in total. The van der Waals surface area contributed by atoms with Crippen LogP contribution in [0.15, 0.2) is 22.3 Å². The quantitative estimate of drug-likeness (QED) is 0.581. The van der Waals surface area contributed by atoms with Crippen molar-refractivity contribution in [3.05, 3.63) is 27.3 Å². The third kappa shape index (κ3) is 2.91. The van der Waals surface area contributed by atoms with Gasteiger partial charge in [-0.15, -0.1) is 5.54 Å². The summed E-state index contributed by atoms with van der Waals surface area (Å²) in [7, 11) is -1.61. The molecule has 17 heavy (non-hydrogen) atoms. The van der Waals surface area contributed by atoms with Gasteiger partial charge < -0.3 is 4.98 Å². The Bertz CT molecular complexity index is 356. The van der Waals surface area contributed by atoms with Gasteiger partial charge in [-0.05, 0) is 52.6 Å². The van der Waals surface area contributed by atoms with E-state index in [1.807, 2.05) is 0 Å². The molecule has 0 aromatic carbocycles. The molecule has 0 heterocycles. The van der Waals surface area contributed by atoms with Gasteiger partial charge in [-0.1, -0.05) is 45.0 Å². The van der Waals surface area contributed by atoms with E-state index in [2.05, 4.69) is 61.6 Å². The van der Waals surface area contributed by atoms with Crippen molar-refractivity contribution in [3.8, 4) is 0 Å². The van der Waals surface area contributed by atoms with Gasteiger partial charge in [0.25, 0.3) is 0 Å². The molecule has 0 bridgehead atoms. The summed E-state index contributed by atoms with van der Waals surface area (Å²) >= 11 is 0. The maximum absolute atomic E-state index is 5.16. The lowest BCUT2D eigenvalue weighted by molar-refractivity contribution is 0.673. The van der Waals surface area contributed by atoms with Crippen LogP contribution in [0.3, 0.4) is 0 Å². The first kappa shape index (κ1) is 14.7. The Labute approximate surface area is 108 Å². The van der Waals surface area contributed by atoms with Gasteiger partial charge in [-0.3, -0.25) is 0 Å². The molecule has 1 aliphatic rings. The zero-order chi connectivity index (χ0) is 13.6. The van der Waals surface area contributed by atoms with E-state index in [4.69, 9.17) is 4.98 Å². The largest absolute Gasteiger partial charge is 0.659 e. The zero-order valence-electron chi connectivity index (χ0n) is 13.0. The Morgan fingerprint density at radius 1 is 0.882 bits per heavy atom. The molecule has 0 saturated heterocycles. The van der Waals surface area contributed by atoms with Gasteiger partial charge in [0.05, 0.1) is 0 Å². The van der Waals surface area contributed by atoms with Gasteiger partial charge in [0.1, 0.15) is 0 Å². The topological polar surface area (TPSA) is 14.1 Å². The Morgan fingerprint density at radius 3 is 1.53 bits per heavy atom. The van der Waals surface area contributed by atoms with Crippen molar-refractivity contribution in [1.29, 1.82) is 0 Å². The highest BCUT2D eigenvalue weighted by atomic mass is 28.3. The molecule has 0 amide bonds. The van der Waals surface area contributed by atoms with Crippen LogP contribution < -0.4 is 0 Å². The molecule has 1 nitrogen and oxygen atoms in total. The minimum atomic E-state index is -1.61. The first-order valence-electron chi connectivity index (χ1n) is 6.56. The lowest BCUT2D eigenvalue weighted by atomic mass is 10.1. The Balaban J connectivity index is 3.10.